The number of carbonyl (C=O) groups is 2. The first-order valence-electron chi connectivity index (χ1n) is 7.18. The first kappa shape index (κ1) is 18.3. The second kappa shape index (κ2) is 8.20. The number of amidine groups is 1. The third kappa shape index (κ3) is 5.00. The third-order valence-electron chi connectivity index (χ3n) is 3.10. The van der Waals surface area contributed by atoms with Gasteiger partial charge in [0.1, 0.15) is 16.9 Å². The average molecular weight is 357 g/mol. The van der Waals surface area contributed by atoms with E-state index in [4.69, 9.17) is 4.74 Å². The summed E-state index contributed by atoms with van der Waals surface area (Å²) in [5.74, 6) is -2.48. The van der Waals surface area contributed by atoms with Crippen LogP contribution in [0.2, 0.25) is 0 Å². The van der Waals surface area contributed by atoms with Crippen LogP contribution in [-0.4, -0.2) is 42.0 Å². The van der Waals surface area contributed by atoms with Crippen molar-refractivity contribution in [2.45, 2.75) is 24.6 Å². The number of ether oxygens (including phenoxy) is 1. The lowest BCUT2D eigenvalue weighted by molar-refractivity contribution is -0.122. The van der Waals surface area contributed by atoms with Crippen molar-refractivity contribution in [3.8, 4) is 0 Å². The SMILES string of the molecule is COC[C@H](C)N=C1NC(=O)[C@@H](CC(=O)Nc2ccc(F)cc2F)S1. The number of nitrogens with one attached hydrogen (secondary N) is 2. The van der Waals surface area contributed by atoms with Crippen LogP contribution in [0.3, 0.4) is 0 Å². The van der Waals surface area contributed by atoms with Crippen LogP contribution in [0.25, 0.3) is 0 Å². The van der Waals surface area contributed by atoms with Crippen LogP contribution in [0.4, 0.5) is 14.5 Å². The fourth-order valence-electron chi connectivity index (χ4n) is 2.04. The molecule has 1 aromatic rings. The first-order valence-corrected chi connectivity index (χ1v) is 8.06. The Balaban J connectivity index is 1.93. The summed E-state index contributed by atoms with van der Waals surface area (Å²) in [6, 6.07) is 2.72. The molecule has 24 heavy (non-hydrogen) atoms. The molecule has 0 saturated carbocycles. The molecule has 2 rings (SSSR count). The Bertz CT molecular complexity index is 669. The maximum atomic E-state index is 13.5. The van der Waals surface area contributed by atoms with Crippen LogP contribution in [0, 0.1) is 11.6 Å². The molecule has 0 bridgehead atoms. The van der Waals surface area contributed by atoms with Gasteiger partial charge in [-0.25, -0.2) is 8.78 Å². The summed E-state index contributed by atoms with van der Waals surface area (Å²) in [4.78, 5) is 28.1. The van der Waals surface area contributed by atoms with E-state index in [1.807, 2.05) is 6.92 Å². The maximum Gasteiger partial charge on any atom is 0.240 e. The number of thioether (sulfide) groups is 1. The Morgan fingerprint density at radius 2 is 2.25 bits per heavy atom. The van der Waals surface area contributed by atoms with Gasteiger partial charge in [-0.15, -0.1) is 0 Å². The van der Waals surface area contributed by atoms with Gasteiger partial charge in [-0.1, -0.05) is 11.8 Å². The Morgan fingerprint density at radius 3 is 2.92 bits per heavy atom. The molecule has 6 nitrogen and oxygen atoms in total. The normalized spacial score (nSPS) is 20.1. The number of hydrogen-bond acceptors (Lipinski definition) is 5. The Hall–Kier alpha value is -2.00. The van der Waals surface area contributed by atoms with Gasteiger partial charge in [-0.2, -0.15) is 0 Å². The second-order valence-electron chi connectivity index (χ2n) is 5.21. The highest BCUT2D eigenvalue weighted by molar-refractivity contribution is 8.15. The minimum absolute atomic E-state index is 0.126. The topological polar surface area (TPSA) is 79.8 Å². The van der Waals surface area contributed by atoms with E-state index >= 15 is 0 Å². The summed E-state index contributed by atoms with van der Waals surface area (Å²) in [5, 5.41) is 4.70. The zero-order valence-electron chi connectivity index (χ0n) is 13.1. The van der Waals surface area contributed by atoms with Crippen molar-refractivity contribution in [1.29, 1.82) is 0 Å². The third-order valence-corrected chi connectivity index (χ3v) is 4.19. The van der Waals surface area contributed by atoms with Crippen molar-refractivity contribution in [1.82, 2.24) is 5.32 Å². The van der Waals surface area contributed by atoms with Crippen LogP contribution in [0.1, 0.15) is 13.3 Å². The van der Waals surface area contributed by atoms with Gasteiger partial charge >= 0.3 is 0 Å². The number of anilines is 1. The lowest BCUT2D eigenvalue weighted by atomic mass is 10.2. The fraction of sp³-hybridized carbons (Fsp3) is 0.400. The Kier molecular flexibility index (Phi) is 6.27. The van der Waals surface area contributed by atoms with Crippen molar-refractivity contribution in [2.75, 3.05) is 19.0 Å². The number of amides is 2. The molecule has 1 fully saturated rings. The van der Waals surface area contributed by atoms with E-state index in [2.05, 4.69) is 15.6 Å². The zero-order chi connectivity index (χ0) is 17.7. The van der Waals surface area contributed by atoms with Gasteiger partial charge in [0.25, 0.3) is 0 Å². The lowest BCUT2D eigenvalue weighted by Gasteiger charge is -2.08. The fourth-order valence-corrected chi connectivity index (χ4v) is 3.11. The number of rotatable bonds is 6. The molecule has 0 spiro atoms. The van der Waals surface area contributed by atoms with Gasteiger partial charge in [0.05, 0.1) is 18.3 Å². The van der Waals surface area contributed by atoms with Gasteiger partial charge in [-0.05, 0) is 19.1 Å². The lowest BCUT2D eigenvalue weighted by Crippen LogP contribution is -2.28. The molecule has 2 atom stereocenters. The van der Waals surface area contributed by atoms with Crippen molar-refractivity contribution in [3.63, 3.8) is 0 Å². The van der Waals surface area contributed by atoms with Gasteiger partial charge in [0.15, 0.2) is 5.17 Å². The highest BCUT2D eigenvalue weighted by Crippen LogP contribution is 2.24. The standard InChI is InChI=1S/C15H17F2N3O3S/c1-8(7-23-2)18-15-20-14(22)12(24-15)6-13(21)19-11-4-3-9(16)5-10(11)17/h3-5,8,12H,6-7H2,1-2H3,(H,19,21)(H,18,20,22)/t8-,12+/m0/s1. The van der Waals surface area contributed by atoms with E-state index in [9.17, 15) is 18.4 Å². The molecule has 0 unspecified atom stereocenters. The number of halogens is 2. The number of methoxy groups -OCH3 is 1. The molecule has 2 N–H and O–H groups in total. The van der Waals surface area contributed by atoms with Gasteiger partial charge in [-0.3, -0.25) is 14.6 Å². The summed E-state index contributed by atoms with van der Waals surface area (Å²) in [6.45, 7) is 2.25. The van der Waals surface area contributed by atoms with Gasteiger partial charge in [0.2, 0.25) is 11.8 Å². The largest absolute Gasteiger partial charge is 0.382 e. The summed E-state index contributed by atoms with van der Waals surface area (Å²) in [6.07, 6.45) is -0.148. The summed E-state index contributed by atoms with van der Waals surface area (Å²) >= 11 is 1.14. The molecule has 0 aliphatic carbocycles. The molecule has 1 heterocycles. The monoisotopic (exact) mass is 357 g/mol. The minimum Gasteiger partial charge on any atom is -0.382 e. The summed E-state index contributed by atoms with van der Waals surface area (Å²) in [5.41, 5.74) is -0.132. The molecule has 0 aromatic heterocycles. The zero-order valence-corrected chi connectivity index (χ0v) is 14.0. The molecule has 1 aliphatic heterocycles. The van der Waals surface area contributed by atoms with Crippen LogP contribution in [0.15, 0.2) is 23.2 Å². The number of aliphatic imine (C=N–C) groups is 1. The average Bonchev–Trinajstić information content (AvgIpc) is 2.81. The number of nitrogens with zero attached hydrogens (tertiary/aromatic N) is 1. The molecular formula is C15H17F2N3O3S. The van der Waals surface area contributed by atoms with E-state index in [1.54, 1.807) is 7.11 Å². The highest BCUT2D eigenvalue weighted by Gasteiger charge is 2.32. The molecule has 1 aromatic carbocycles. The van der Waals surface area contributed by atoms with Crippen LogP contribution >= 0.6 is 11.8 Å². The number of carbonyl (C=O) groups excluding carboxylic acids is 2. The van der Waals surface area contributed by atoms with E-state index in [-0.39, 0.29) is 24.1 Å². The smallest absolute Gasteiger partial charge is 0.240 e. The van der Waals surface area contributed by atoms with Gasteiger partial charge in [0, 0.05) is 19.6 Å². The second-order valence-corrected chi connectivity index (χ2v) is 6.40. The van der Waals surface area contributed by atoms with E-state index in [0.717, 1.165) is 23.9 Å². The quantitative estimate of drug-likeness (QED) is 0.815. The minimum atomic E-state index is -0.873. The molecule has 1 saturated heterocycles. The van der Waals surface area contributed by atoms with Crippen LogP contribution in [0.5, 0.6) is 0 Å². The van der Waals surface area contributed by atoms with Crippen molar-refractivity contribution < 1.29 is 23.1 Å². The molecule has 0 radical (unpaired) electrons. The Morgan fingerprint density at radius 1 is 1.50 bits per heavy atom. The summed E-state index contributed by atoms with van der Waals surface area (Å²) in [7, 11) is 1.55. The van der Waals surface area contributed by atoms with Crippen molar-refractivity contribution >= 4 is 34.4 Å². The molecule has 1 aliphatic rings. The first-order chi connectivity index (χ1) is 11.4. The molecule has 9 heteroatoms. The highest BCUT2D eigenvalue weighted by atomic mass is 32.2. The number of hydrogen-bond donors (Lipinski definition) is 2. The molecule has 130 valence electrons. The molecular weight excluding hydrogens is 340 g/mol. The van der Waals surface area contributed by atoms with Crippen molar-refractivity contribution in [2.24, 2.45) is 4.99 Å². The van der Waals surface area contributed by atoms with E-state index in [1.165, 1.54) is 0 Å². The van der Waals surface area contributed by atoms with Crippen LogP contribution in [-0.2, 0) is 14.3 Å². The Labute approximate surface area is 142 Å². The van der Waals surface area contributed by atoms with Crippen molar-refractivity contribution in [3.05, 3.63) is 29.8 Å². The summed E-state index contributed by atoms with van der Waals surface area (Å²) < 4.78 is 31.3. The predicted molar refractivity (Wildman–Crippen MR) is 87.9 cm³/mol. The predicted octanol–water partition coefficient (Wildman–Crippen LogP) is 1.92. The van der Waals surface area contributed by atoms with E-state index < -0.39 is 22.8 Å². The molecule has 2 amide bonds. The van der Waals surface area contributed by atoms with Crippen LogP contribution < -0.4 is 10.6 Å². The van der Waals surface area contributed by atoms with Gasteiger partial charge < -0.3 is 15.4 Å². The number of benzene rings is 1. The maximum absolute atomic E-state index is 13.5. The van der Waals surface area contributed by atoms with E-state index in [0.29, 0.717) is 17.8 Å².